The number of hydrogen-bond acceptors (Lipinski definition) is 15. The van der Waals surface area contributed by atoms with Crippen LogP contribution < -0.4 is 0 Å². The molecular weight excluding hydrogens is 1380 g/mol. The van der Waals surface area contributed by atoms with Crippen molar-refractivity contribution in [2.45, 2.75) is 484 Å². The fourth-order valence-corrected chi connectivity index (χ4v) is 15.1. The number of hydrogen-bond donors (Lipinski definition) is 3. The van der Waals surface area contributed by atoms with Gasteiger partial charge in [0, 0.05) is 25.7 Å². The maximum absolute atomic E-state index is 13.2. The van der Waals surface area contributed by atoms with Crippen LogP contribution in [-0.4, -0.2) is 96.7 Å². The van der Waals surface area contributed by atoms with Gasteiger partial charge >= 0.3 is 39.5 Å². The molecule has 0 aliphatic rings. The largest absolute Gasteiger partial charge is 0.472 e. The minimum atomic E-state index is -4.97. The molecule has 0 heterocycles. The van der Waals surface area contributed by atoms with Crippen LogP contribution in [0, 0.1) is 11.8 Å². The molecule has 0 amide bonds. The minimum absolute atomic E-state index is 0.109. The average molecular weight is 1550 g/mol. The molecule has 0 aliphatic heterocycles. The van der Waals surface area contributed by atoms with Gasteiger partial charge in [-0.05, 0) is 37.5 Å². The van der Waals surface area contributed by atoms with Gasteiger partial charge in [0.1, 0.15) is 19.3 Å². The highest BCUT2D eigenvalue weighted by molar-refractivity contribution is 7.47. The molecule has 6 atom stereocenters. The van der Waals surface area contributed by atoms with Gasteiger partial charge in [-0.3, -0.25) is 37.3 Å². The number of esters is 4. The lowest BCUT2D eigenvalue weighted by Crippen LogP contribution is -2.30. The summed E-state index contributed by atoms with van der Waals surface area (Å²) in [6, 6.07) is 0. The van der Waals surface area contributed by atoms with Gasteiger partial charge in [-0.2, -0.15) is 0 Å². The molecular formula is C87H170O17P2. The molecule has 3 N–H and O–H groups in total. The van der Waals surface area contributed by atoms with Crippen LogP contribution in [0.4, 0.5) is 0 Å². The number of phosphoric acid groups is 2. The van der Waals surface area contributed by atoms with Crippen molar-refractivity contribution in [1.29, 1.82) is 0 Å². The van der Waals surface area contributed by atoms with E-state index in [1.54, 1.807) is 0 Å². The number of unbranched alkanes of at least 4 members (excludes halogenated alkanes) is 55. The lowest BCUT2D eigenvalue weighted by atomic mass is 9.99. The Morgan fingerprint density at radius 2 is 0.481 bits per heavy atom. The van der Waals surface area contributed by atoms with E-state index in [1.165, 1.54) is 283 Å². The summed E-state index contributed by atoms with van der Waals surface area (Å²) in [5.41, 5.74) is 0. The standard InChI is InChI=1S/C87H170O17P2/c1-7-10-12-14-16-18-20-22-23-27-35-41-47-53-59-65-71-86(91)103-82(75-97-84(89)69-63-57-51-45-39-31-21-19-17-15-13-11-8-2)77-101-105(93,94)99-73-81(88)74-100-106(95,96)102-78-83(76-98-85(90)70-64-58-52-46-40-34-30-29-33-38-44-50-56-62-68-80(6)9-3)104-87(92)72-66-60-54-48-42-36-28-25-24-26-32-37-43-49-55-61-67-79(4)5/h79-83,88H,7-78H2,1-6H3,(H,93,94)(H,95,96)/t80?,81-,82+,83+/m0/s1. The molecule has 0 saturated carbocycles. The van der Waals surface area contributed by atoms with Crippen LogP contribution in [0.1, 0.15) is 465 Å². The monoisotopic (exact) mass is 1550 g/mol. The third-order valence-electron chi connectivity index (χ3n) is 20.8. The average Bonchev–Trinajstić information content (AvgIpc) is 0.902. The quantitative estimate of drug-likeness (QED) is 0.0222. The van der Waals surface area contributed by atoms with E-state index in [0.717, 1.165) is 102 Å². The highest BCUT2D eigenvalue weighted by Crippen LogP contribution is 2.45. The van der Waals surface area contributed by atoms with Crippen LogP contribution in [0.5, 0.6) is 0 Å². The van der Waals surface area contributed by atoms with Crippen molar-refractivity contribution in [2.24, 2.45) is 11.8 Å². The first-order valence-corrected chi connectivity index (χ1v) is 48.0. The summed E-state index contributed by atoms with van der Waals surface area (Å²) in [6.07, 6.45) is 70.6. The Morgan fingerprint density at radius 1 is 0.274 bits per heavy atom. The van der Waals surface area contributed by atoms with E-state index in [0.29, 0.717) is 25.7 Å². The maximum Gasteiger partial charge on any atom is 0.472 e. The molecule has 17 nitrogen and oxygen atoms in total. The van der Waals surface area contributed by atoms with Crippen LogP contribution >= 0.6 is 15.6 Å². The van der Waals surface area contributed by atoms with Crippen molar-refractivity contribution < 1.29 is 80.2 Å². The van der Waals surface area contributed by atoms with E-state index in [9.17, 15) is 43.2 Å². The van der Waals surface area contributed by atoms with Crippen LogP contribution in [0.3, 0.4) is 0 Å². The van der Waals surface area contributed by atoms with E-state index in [4.69, 9.17) is 37.0 Å². The highest BCUT2D eigenvalue weighted by Gasteiger charge is 2.30. The Hall–Kier alpha value is -1.94. The number of aliphatic hydroxyl groups is 1. The molecule has 0 aliphatic carbocycles. The zero-order valence-corrected chi connectivity index (χ0v) is 71.5. The first-order valence-electron chi connectivity index (χ1n) is 45.0. The zero-order chi connectivity index (χ0) is 77.8. The Kier molecular flexibility index (Phi) is 76.9. The number of carbonyl (C=O) groups excluding carboxylic acids is 4. The molecule has 3 unspecified atom stereocenters. The summed E-state index contributed by atoms with van der Waals surface area (Å²) in [6.45, 7) is 9.78. The van der Waals surface area contributed by atoms with Crippen LogP contribution in [0.25, 0.3) is 0 Å². The molecule has 0 aromatic carbocycles. The zero-order valence-electron chi connectivity index (χ0n) is 69.7. The SMILES string of the molecule is CCCCCCCCCCCCCCCCCCC(=O)O[C@H](COC(=O)CCCCCCCCCCCCCCC)COP(=O)(O)OC[C@H](O)COP(=O)(O)OC[C@@H](COC(=O)CCCCCCCCCCCCCCCCC(C)CC)OC(=O)CCCCCCCCCCCCCCCCCCC(C)C. The van der Waals surface area contributed by atoms with E-state index in [-0.39, 0.29) is 25.7 Å². The topological polar surface area (TPSA) is 237 Å². The fraction of sp³-hybridized carbons (Fsp3) is 0.954. The third-order valence-corrected chi connectivity index (χ3v) is 22.7. The fourth-order valence-electron chi connectivity index (χ4n) is 13.6. The van der Waals surface area contributed by atoms with Crippen molar-refractivity contribution in [1.82, 2.24) is 0 Å². The molecule has 0 spiro atoms. The van der Waals surface area contributed by atoms with E-state index < -0.39 is 97.5 Å². The molecule has 0 fully saturated rings. The Bertz CT molecular complexity index is 2030. The molecule has 0 rings (SSSR count). The van der Waals surface area contributed by atoms with Gasteiger partial charge in [0.2, 0.25) is 0 Å². The Labute approximate surface area is 651 Å². The van der Waals surface area contributed by atoms with Gasteiger partial charge in [0.05, 0.1) is 26.4 Å². The van der Waals surface area contributed by atoms with E-state index in [2.05, 4.69) is 41.5 Å². The van der Waals surface area contributed by atoms with Gasteiger partial charge in [0.15, 0.2) is 12.2 Å². The number of aliphatic hydroxyl groups excluding tert-OH is 1. The van der Waals surface area contributed by atoms with Gasteiger partial charge in [-0.1, -0.05) is 414 Å². The van der Waals surface area contributed by atoms with Crippen LogP contribution in [0.2, 0.25) is 0 Å². The predicted molar refractivity (Wildman–Crippen MR) is 437 cm³/mol. The molecule has 0 radical (unpaired) electrons. The summed E-state index contributed by atoms with van der Waals surface area (Å²) in [5.74, 6) is -0.438. The molecule has 106 heavy (non-hydrogen) atoms. The molecule has 0 aromatic rings. The number of phosphoric ester groups is 2. The third kappa shape index (κ3) is 78.7. The van der Waals surface area contributed by atoms with Gasteiger partial charge < -0.3 is 33.8 Å². The van der Waals surface area contributed by atoms with Gasteiger partial charge in [0.25, 0.3) is 0 Å². The second kappa shape index (κ2) is 78.3. The smallest absolute Gasteiger partial charge is 0.462 e. The minimum Gasteiger partial charge on any atom is -0.462 e. The van der Waals surface area contributed by atoms with E-state index in [1.807, 2.05) is 0 Å². The van der Waals surface area contributed by atoms with Crippen LogP contribution in [-0.2, 0) is 65.4 Å². The summed E-state index contributed by atoms with van der Waals surface area (Å²) in [4.78, 5) is 73.3. The predicted octanol–water partition coefficient (Wildman–Crippen LogP) is 26.6. The summed E-state index contributed by atoms with van der Waals surface area (Å²) >= 11 is 0. The Morgan fingerprint density at radius 3 is 0.717 bits per heavy atom. The maximum atomic E-state index is 13.2. The molecule has 0 aromatic heterocycles. The molecule has 19 heteroatoms. The van der Waals surface area contributed by atoms with E-state index >= 15 is 0 Å². The van der Waals surface area contributed by atoms with Crippen LogP contribution in [0.15, 0.2) is 0 Å². The number of rotatable bonds is 86. The van der Waals surface area contributed by atoms with Crippen molar-refractivity contribution >= 4 is 39.5 Å². The van der Waals surface area contributed by atoms with Crippen molar-refractivity contribution in [3.8, 4) is 0 Å². The van der Waals surface area contributed by atoms with Crippen molar-refractivity contribution in [3.63, 3.8) is 0 Å². The summed E-state index contributed by atoms with van der Waals surface area (Å²) in [5, 5.41) is 10.7. The lowest BCUT2D eigenvalue weighted by molar-refractivity contribution is -0.161. The lowest BCUT2D eigenvalue weighted by Gasteiger charge is -2.21. The molecule has 0 bridgehead atoms. The number of carbonyl (C=O) groups is 4. The first kappa shape index (κ1) is 104. The highest BCUT2D eigenvalue weighted by atomic mass is 31.2. The van der Waals surface area contributed by atoms with Gasteiger partial charge in [-0.15, -0.1) is 0 Å². The van der Waals surface area contributed by atoms with Crippen molar-refractivity contribution in [2.75, 3.05) is 39.6 Å². The second-order valence-electron chi connectivity index (χ2n) is 32.0. The summed E-state index contributed by atoms with van der Waals surface area (Å²) < 4.78 is 69.0. The van der Waals surface area contributed by atoms with Gasteiger partial charge in [-0.25, -0.2) is 9.13 Å². The van der Waals surface area contributed by atoms with Crippen molar-refractivity contribution in [3.05, 3.63) is 0 Å². The Balaban J connectivity index is 5.27. The second-order valence-corrected chi connectivity index (χ2v) is 34.9. The molecule has 0 saturated heterocycles. The molecule has 630 valence electrons. The number of ether oxygens (including phenoxy) is 4. The summed E-state index contributed by atoms with van der Waals surface area (Å²) in [7, 11) is -9.93. The normalized spacial score (nSPS) is 14.1. The first-order chi connectivity index (χ1) is 51.4.